The van der Waals surface area contributed by atoms with Crippen LogP contribution < -0.4 is 5.73 Å². The quantitative estimate of drug-likeness (QED) is 0.567. The Morgan fingerprint density at radius 3 is 2.84 bits per heavy atom. The van der Waals surface area contributed by atoms with Crippen molar-refractivity contribution in [1.29, 1.82) is 0 Å². The first-order valence-electron chi connectivity index (χ1n) is 5.96. The maximum absolute atomic E-state index is 9.99. The lowest BCUT2D eigenvalue weighted by molar-refractivity contribution is -0.0508. The van der Waals surface area contributed by atoms with Crippen molar-refractivity contribution in [2.75, 3.05) is 12.3 Å². The minimum absolute atomic E-state index is 0.353. The van der Waals surface area contributed by atoms with Gasteiger partial charge in [-0.15, -0.1) is 0 Å². The number of nitrogens with zero attached hydrogens (tertiary/aromatic N) is 2. The highest BCUT2D eigenvalue weighted by Gasteiger charge is 2.43. The molecular weight excluding hydrogens is 250 g/mol. The van der Waals surface area contributed by atoms with E-state index < -0.39 is 24.5 Å². The van der Waals surface area contributed by atoms with Crippen molar-refractivity contribution >= 4 is 16.7 Å². The number of anilines is 1. The van der Waals surface area contributed by atoms with E-state index in [9.17, 15) is 10.2 Å². The van der Waals surface area contributed by atoms with Crippen molar-refractivity contribution in [1.82, 2.24) is 9.55 Å². The fourth-order valence-electron chi connectivity index (χ4n) is 2.38. The molecule has 0 saturated carbocycles. The summed E-state index contributed by atoms with van der Waals surface area (Å²) in [6, 6.07) is 3.56. The van der Waals surface area contributed by atoms with Crippen LogP contribution in [-0.4, -0.2) is 49.8 Å². The van der Waals surface area contributed by atoms with Gasteiger partial charge in [0.2, 0.25) is 0 Å². The average molecular weight is 265 g/mol. The van der Waals surface area contributed by atoms with E-state index in [-0.39, 0.29) is 6.61 Å². The summed E-state index contributed by atoms with van der Waals surface area (Å²) >= 11 is 0. The van der Waals surface area contributed by atoms with E-state index in [1.807, 2.05) is 0 Å². The van der Waals surface area contributed by atoms with Crippen molar-refractivity contribution in [2.45, 2.75) is 24.5 Å². The van der Waals surface area contributed by atoms with Crippen LogP contribution in [0.15, 0.2) is 24.5 Å². The number of fused-ring (bicyclic) bond motifs is 1. The number of nitrogens with two attached hydrogens (primary N) is 1. The molecule has 19 heavy (non-hydrogen) atoms. The van der Waals surface area contributed by atoms with Gasteiger partial charge in [0.15, 0.2) is 6.23 Å². The minimum atomic E-state index is -1.12. The number of aliphatic hydroxyl groups is 3. The second kappa shape index (κ2) is 4.46. The summed E-state index contributed by atoms with van der Waals surface area (Å²) in [7, 11) is 0. The Morgan fingerprint density at radius 1 is 1.37 bits per heavy atom. The smallest absolute Gasteiger partial charge is 0.164 e. The average Bonchev–Trinajstić information content (AvgIpc) is 2.92. The summed E-state index contributed by atoms with van der Waals surface area (Å²) in [4.78, 5) is 4.20. The monoisotopic (exact) mass is 265 g/mol. The summed E-state index contributed by atoms with van der Waals surface area (Å²) in [6.07, 6.45) is -0.599. The number of aromatic nitrogens is 2. The van der Waals surface area contributed by atoms with Gasteiger partial charge in [0, 0.05) is 11.6 Å². The standard InChI is InChI=1S/C12H15N3O4/c13-7-3-6-1-2-15(11(6)14-4-7)12-10(18)9(17)8(5-16)19-12/h1-4,8-10,12,16-18H,5,13H2/t8-,9-,10-,12-/m1/s1. The lowest BCUT2D eigenvalue weighted by atomic mass is 10.1. The molecule has 0 aliphatic carbocycles. The van der Waals surface area contributed by atoms with Gasteiger partial charge in [-0.05, 0) is 12.1 Å². The van der Waals surface area contributed by atoms with Gasteiger partial charge in [-0.25, -0.2) is 4.98 Å². The van der Waals surface area contributed by atoms with Crippen LogP contribution in [0.3, 0.4) is 0 Å². The highest BCUT2D eigenvalue weighted by molar-refractivity contribution is 5.79. The summed E-state index contributed by atoms with van der Waals surface area (Å²) in [5.74, 6) is 0. The maximum atomic E-state index is 9.99. The molecule has 102 valence electrons. The Kier molecular flexibility index (Phi) is 2.90. The molecule has 0 bridgehead atoms. The number of rotatable bonds is 2. The summed E-state index contributed by atoms with van der Waals surface area (Å²) in [5, 5.41) is 29.6. The van der Waals surface area contributed by atoms with Crippen molar-refractivity contribution in [3.8, 4) is 0 Å². The zero-order valence-electron chi connectivity index (χ0n) is 10.0. The molecule has 7 heteroatoms. The van der Waals surface area contributed by atoms with Crippen LogP contribution in [0.1, 0.15) is 6.23 Å². The minimum Gasteiger partial charge on any atom is -0.397 e. The van der Waals surface area contributed by atoms with Crippen LogP contribution in [-0.2, 0) is 4.74 Å². The zero-order valence-corrected chi connectivity index (χ0v) is 10.0. The molecule has 0 unspecified atom stereocenters. The van der Waals surface area contributed by atoms with Crippen LogP contribution in [0.25, 0.3) is 11.0 Å². The van der Waals surface area contributed by atoms with Crippen LogP contribution in [0, 0.1) is 0 Å². The van der Waals surface area contributed by atoms with Crippen molar-refractivity contribution in [3.05, 3.63) is 24.5 Å². The van der Waals surface area contributed by atoms with Crippen LogP contribution in [0.4, 0.5) is 5.69 Å². The molecule has 7 nitrogen and oxygen atoms in total. The van der Waals surface area contributed by atoms with Crippen LogP contribution in [0.2, 0.25) is 0 Å². The zero-order chi connectivity index (χ0) is 13.6. The van der Waals surface area contributed by atoms with Gasteiger partial charge < -0.3 is 30.4 Å². The number of ether oxygens (including phenoxy) is 1. The van der Waals surface area contributed by atoms with Gasteiger partial charge in [-0.1, -0.05) is 0 Å². The predicted octanol–water partition coefficient (Wildman–Crippen LogP) is -0.770. The molecule has 1 fully saturated rings. The third-order valence-corrected chi connectivity index (χ3v) is 3.37. The third-order valence-electron chi connectivity index (χ3n) is 3.37. The Hall–Kier alpha value is -1.67. The van der Waals surface area contributed by atoms with Crippen molar-refractivity contribution in [2.24, 2.45) is 0 Å². The first kappa shape index (κ1) is 12.4. The first-order valence-corrected chi connectivity index (χ1v) is 5.96. The van der Waals surface area contributed by atoms with Gasteiger partial charge in [0.05, 0.1) is 18.5 Å². The van der Waals surface area contributed by atoms with E-state index >= 15 is 0 Å². The van der Waals surface area contributed by atoms with Crippen molar-refractivity contribution < 1.29 is 20.1 Å². The van der Waals surface area contributed by atoms with E-state index in [0.29, 0.717) is 11.3 Å². The molecule has 4 atom stereocenters. The largest absolute Gasteiger partial charge is 0.397 e. The molecule has 1 aliphatic heterocycles. The molecular formula is C12H15N3O4. The second-order valence-electron chi connectivity index (χ2n) is 4.63. The van der Waals surface area contributed by atoms with E-state index in [1.54, 1.807) is 22.9 Å². The van der Waals surface area contributed by atoms with E-state index in [1.165, 1.54) is 6.20 Å². The molecule has 0 radical (unpaired) electrons. The SMILES string of the molecule is Nc1cnc2c(ccn2[C@@H]2O[C@H](CO)[C@@H](O)[C@H]2O)c1. The fraction of sp³-hybridized carbons (Fsp3) is 0.417. The summed E-state index contributed by atoms with van der Waals surface area (Å²) < 4.78 is 7.08. The summed E-state index contributed by atoms with van der Waals surface area (Å²) in [6.45, 7) is -0.353. The third kappa shape index (κ3) is 1.87. The van der Waals surface area contributed by atoms with Crippen LogP contribution >= 0.6 is 0 Å². The molecule has 2 aromatic heterocycles. The molecule has 1 aliphatic rings. The molecule has 1 saturated heterocycles. The Labute approximate surface area is 108 Å². The van der Waals surface area contributed by atoms with Crippen LogP contribution in [0.5, 0.6) is 0 Å². The van der Waals surface area contributed by atoms with Gasteiger partial charge in [-0.2, -0.15) is 0 Å². The highest BCUT2D eigenvalue weighted by Crippen LogP contribution is 2.32. The van der Waals surface area contributed by atoms with Crippen molar-refractivity contribution in [3.63, 3.8) is 0 Å². The molecule has 2 aromatic rings. The Bertz CT molecular complexity index is 600. The predicted molar refractivity (Wildman–Crippen MR) is 67.2 cm³/mol. The molecule has 0 amide bonds. The molecule has 5 N–H and O–H groups in total. The summed E-state index contributed by atoms with van der Waals surface area (Å²) in [5.41, 5.74) is 6.80. The number of pyridine rings is 1. The van der Waals surface area contributed by atoms with E-state index in [0.717, 1.165) is 5.39 Å². The topological polar surface area (TPSA) is 114 Å². The van der Waals surface area contributed by atoms with E-state index in [2.05, 4.69) is 4.98 Å². The second-order valence-corrected chi connectivity index (χ2v) is 4.63. The number of aliphatic hydroxyl groups excluding tert-OH is 3. The lowest BCUT2D eigenvalue weighted by Gasteiger charge is -2.17. The first-order chi connectivity index (χ1) is 9.11. The molecule has 3 rings (SSSR count). The van der Waals surface area contributed by atoms with Gasteiger partial charge in [-0.3, -0.25) is 0 Å². The Morgan fingerprint density at radius 2 is 2.16 bits per heavy atom. The molecule has 0 aromatic carbocycles. The van der Waals surface area contributed by atoms with Gasteiger partial charge >= 0.3 is 0 Å². The maximum Gasteiger partial charge on any atom is 0.164 e. The van der Waals surface area contributed by atoms with Gasteiger partial charge in [0.1, 0.15) is 24.0 Å². The number of hydrogen-bond acceptors (Lipinski definition) is 6. The Balaban J connectivity index is 2.01. The van der Waals surface area contributed by atoms with E-state index in [4.69, 9.17) is 15.6 Å². The lowest BCUT2D eigenvalue weighted by Crippen LogP contribution is -2.33. The normalized spacial score (nSPS) is 31.1. The van der Waals surface area contributed by atoms with Gasteiger partial charge in [0.25, 0.3) is 0 Å². The fourth-order valence-corrected chi connectivity index (χ4v) is 2.38. The molecule has 3 heterocycles. The number of hydrogen-bond donors (Lipinski definition) is 4. The number of nitrogen functional groups attached to an aromatic ring is 1. The highest BCUT2D eigenvalue weighted by atomic mass is 16.6. The molecule has 0 spiro atoms.